The summed E-state index contributed by atoms with van der Waals surface area (Å²) in [5, 5.41) is 12.1. The Morgan fingerprint density at radius 2 is 1.86 bits per heavy atom. The van der Waals surface area contributed by atoms with Crippen LogP contribution in [-0.2, 0) is 6.42 Å². The van der Waals surface area contributed by atoms with Gasteiger partial charge in [-0.15, -0.1) is 10.2 Å². The molecule has 0 bridgehead atoms. The molecular weight excluding hydrogens is 386 g/mol. The number of aryl methyl sites for hydroxylation is 1. The standard InChI is InChI=1S/C22H20ClN5O/c1-2-3-5-15-7-10-17(11-8-15)28-26-19-12-9-16(14-20(19)27-28)25-22(29)18-6-4-13-24-21(18)23/h4,6-14H,2-3,5H2,1H3,(H,25,29). The maximum atomic E-state index is 12.4. The summed E-state index contributed by atoms with van der Waals surface area (Å²) in [5.74, 6) is -0.322. The average Bonchev–Trinajstić information content (AvgIpc) is 3.16. The second-order valence-corrected chi connectivity index (χ2v) is 7.12. The number of hydrogen-bond acceptors (Lipinski definition) is 4. The Bertz CT molecular complexity index is 1150. The van der Waals surface area contributed by atoms with Gasteiger partial charge in [-0.25, -0.2) is 4.98 Å². The lowest BCUT2D eigenvalue weighted by Crippen LogP contribution is -2.12. The number of aromatic nitrogens is 4. The van der Waals surface area contributed by atoms with Gasteiger partial charge in [0.05, 0.1) is 11.3 Å². The third kappa shape index (κ3) is 4.27. The Morgan fingerprint density at radius 1 is 1.07 bits per heavy atom. The highest BCUT2D eigenvalue weighted by atomic mass is 35.5. The van der Waals surface area contributed by atoms with E-state index in [1.54, 1.807) is 35.3 Å². The number of unbranched alkanes of at least 4 members (excludes halogenated alkanes) is 1. The van der Waals surface area contributed by atoms with Crippen LogP contribution in [0.25, 0.3) is 16.7 Å². The molecule has 2 aromatic heterocycles. The molecule has 7 heteroatoms. The van der Waals surface area contributed by atoms with E-state index in [0.717, 1.165) is 17.6 Å². The molecule has 1 N–H and O–H groups in total. The molecule has 0 saturated carbocycles. The van der Waals surface area contributed by atoms with E-state index in [-0.39, 0.29) is 11.1 Å². The van der Waals surface area contributed by atoms with Crippen molar-refractivity contribution in [3.05, 3.63) is 77.1 Å². The molecule has 2 aromatic carbocycles. The van der Waals surface area contributed by atoms with Gasteiger partial charge in [-0.3, -0.25) is 4.79 Å². The van der Waals surface area contributed by atoms with Crippen LogP contribution in [0.5, 0.6) is 0 Å². The molecule has 6 nitrogen and oxygen atoms in total. The number of amides is 1. The Kier molecular flexibility index (Phi) is 5.53. The average molecular weight is 406 g/mol. The van der Waals surface area contributed by atoms with Crippen LogP contribution >= 0.6 is 11.6 Å². The second-order valence-electron chi connectivity index (χ2n) is 6.76. The number of nitrogens with zero attached hydrogens (tertiary/aromatic N) is 4. The van der Waals surface area contributed by atoms with Crippen LogP contribution in [0.4, 0.5) is 5.69 Å². The third-order valence-corrected chi connectivity index (χ3v) is 4.93. The highest BCUT2D eigenvalue weighted by Gasteiger charge is 2.12. The minimum absolute atomic E-state index is 0.166. The van der Waals surface area contributed by atoms with Crippen molar-refractivity contribution in [1.82, 2.24) is 20.0 Å². The van der Waals surface area contributed by atoms with Gasteiger partial charge in [-0.2, -0.15) is 4.80 Å². The van der Waals surface area contributed by atoms with Gasteiger partial charge in [-0.1, -0.05) is 37.1 Å². The number of rotatable bonds is 6. The SMILES string of the molecule is CCCCc1ccc(-n2nc3ccc(NC(=O)c4cccnc4Cl)cc3n2)cc1. The summed E-state index contributed by atoms with van der Waals surface area (Å²) in [7, 11) is 0. The van der Waals surface area contributed by atoms with Crippen molar-refractivity contribution in [2.24, 2.45) is 0 Å². The van der Waals surface area contributed by atoms with Gasteiger partial charge in [0, 0.05) is 11.9 Å². The number of halogens is 1. The van der Waals surface area contributed by atoms with E-state index < -0.39 is 0 Å². The summed E-state index contributed by atoms with van der Waals surface area (Å²) in [5.41, 5.74) is 4.58. The molecule has 1 amide bonds. The van der Waals surface area contributed by atoms with Gasteiger partial charge in [0.2, 0.25) is 0 Å². The summed E-state index contributed by atoms with van der Waals surface area (Å²) < 4.78 is 0. The molecule has 0 aliphatic rings. The van der Waals surface area contributed by atoms with E-state index in [1.807, 2.05) is 18.2 Å². The van der Waals surface area contributed by atoms with Crippen LogP contribution in [0.1, 0.15) is 35.7 Å². The molecule has 4 rings (SSSR count). The molecule has 0 fully saturated rings. The predicted octanol–water partition coefficient (Wildman–Crippen LogP) is 5.06. The molecular formula is C22H20ClN5O. The lowest BCUT2D eigenvalue weighted by atomic mass is 10.1. The van der Waals surface area contributed by atoms with Gasteiger partial charge in [0.25, 0.3) is 5.91 Å². The minimum Gasteiger partial charge on any atom is -0.322 e. The molecule has 29 heavy (non-hydrogen) atoms. The zero-order valence-electron chi connectivity index (χ0n) is 16.0. The van der Waals surface area contributed by atoms with Crippen molar-refractivity contribution >= 4 is 34.2 Å². The number of pyridine rings is 1. The van der Waals surface area contributed by atoms with Crippen molar-refractivity contribution in [3.63, 3.8) is 0 Å². The predicted molar refractivity (Wildman–Crippen MR) is 115 cm³/mol. The van der Waals surface area contributed by atoms with E-state index in [1.165, 1.54) is 18.4 Å². The fourth-order valence-electron chi connectivity index (χ4n) is 3.04. The molecule has 0 atom stereocenters. The Hall–Kier alpha value is -3.25. The first-order chi connectivity index (χ1) is 14.1. The first-order valence-electron chi connectivity index (χ1n) is 9.52. The van der Waals surface area contributed by atoms with Crippen LogP contribution in [0, 0.1) is 0 Å². The normalized spacial score (nSPS) is 11.0. The van der Waals surface area contributed by atoms with E-state index in [4.69, 9.17) is 11.6 Å². The first-order valence-corrected chi connectivity index (χ1v) is 9.90. The Morgan fingerprint density at radius 3 is 2.62 bits per heavy atom. The van der Waals surface area contributed by atoms with E-state index in [2.05, 4.69) is 39.6 Å². The van der Waals surface area contributed by atoms with Gasteiger partial charge in [-0.05, 0) is 60.9 Å². The monoisotopic (exact) mass is 405 g/mol. The van der Waals surface area contributed by atoms with Crippen molar-refractivity contribution in [2.75, 3.05) is 5.32 Å². The van der Waals surface area contributed by atoms with Crippen molar-refractivity contribution in [2.45, 2.75) is 26.2 Å². The second kappa shape index (κ2) is 8.41. The lowest BCUT2D eigenvalue weighted by molar-refractivity contribution is 0.102. The van der Waals surface area contributed by atoms with Crippen LogP contribution < -0.4 is 5.32 Å². The van der Waals surface area contributed by atoms with Crippen LogP contribution in [-0.4, -0.2) is 25.9 Å². The molecule has 2 heterocycles. The quantitative estimate of drug-likeness (QED) is 0.455. The number of carbonyl (C=O) groups is 1. The van der Waals surface area contributed by atoms with Crippen molar-refractivity contribution < 1.29 is 4.79 Å². The number of nitrogens with one attached hydrogen (secondary N) is 1. The van der Waals surface area contributed by atoms with Crippen molar-refractivity contribution in [3.8, 4) is 5.69 Å². The summed E-state index contributed by atoms with van der Waals surface area (Å²) in [4.78, 5) is 18.0. The van der Waals surface area contributed by atoms with Gasteiger partial charge >= 0.3 is 0 Å². The fourth-order valence-corrected chi connectivity index (χ4v) is 3.24. The number of anilines is 1. The number of benzene rings is 2. The number of hydrogen-bond donors (Lipinski definition) is 1. The van der Waals surface area contributed by atoms with Crippen molar-refractivity contribution in [1.29, 1.82) is 0 Å². The van der Waals surface area contributed by atoms with Gasteiger partial charge in [0.15, 0.2) is 0 Å². The lowest BCUT2D eigenvalue weighted by Gasteiger charge is -2.05. The summed E-state index contributed by atoms with van der Waals surface area (Å²) >= 11 is 5.99. The Balaban J connectivity index is 1.55. The summed E-state index contributed by atoms with van der Waals surface area (Å²) in [6.07, 6.45) is 4.98. The van der Waals surface area contributed by atoms with E-state index in [0.29, 0.717) is 16.8 Å². The summed E-state index contributed by atoms with van der Waals surface area (Å²) in [6.45, 7) is 2.19. The largest absolute Gasteiger partial charge is 0.322 e. The minimum atomic E-state index is -0.322. The topological polar surface area (TPSA) is 72.7 Å². The zero-order valence-corrected chi connectivity index (χ0v) is 16.7. The van der Waals surface area contributed by atoms with E-state index in [9.17, 15) is 4.79 Å². The molecule has 0 spiro atoms. The molecule has 0 saturated heterocycles. The smallest absolute Gasteiger partial charge is 0.258 e. The maximum absolute atomic E-state index is 12.4. The highest BCUT2D eigenvalue weighted by Crippen LogP contribution is 2.20. The summed E-state index contributed by atoms with van der Waals surface area (Å²) in [6, 6.07) is 17.0. The highest BCUT2D eigenvalue weighted by molar-refractivity contribution is 6.33. The van der Waals surface area contributed by atoms with Gasteiger partial charge < -0.3 is 5.32 Å². The number of carbonyl (C=O) groups excluding carboxylic acids is 1. The molecule has 0 aliphatic heterocycles. The zero-order chi connectivity index (χ0) is 20.2. The van der Waals surface area contributed by atoms with Crippen LogP contribution in [0.3, 0.4) is 0 Å². The third-order valence-electron chi connectivity index (χ3n) is 4.63. The molecule has 0 unspecified atom stereocenters. The molecule has 0 radical (unpaired) electrons. The van der Waals surface area contributed by atoms with Gasteiger partial charge in [0.1, 0.15) is 16.2 Å². The number of fused-ring (bicyclic) bond motifs is 1. The van der Waals surface area contributed by atoms with Crippen LogP contribution in [0.2, 0.25) is 5.15 Å². The fraction of sp³-hybridized carbons (Fsp3) is 0.182. The molecule has 146 valence electrons. The van der Waals surface area contributed by atoms with Crippen LogP contribution in [0.15, 0.2) is 60.8 Å². The molecule has 4 aromatic rings. The molecule has 0 aliphatic carbocycles. The Labute approximate surface area is 173 Å². The maximum Gasteiger partial charge on any atom is 0.258 e. The van der Waals surface area contributed by atoms with E-state index >= 15 is 0 Å². The first kappa shape index (κ1) is 19.1.